The maximum Gasteiger partial charge on any atom is 0.416 e. The van der Waals surface area contributed by atoms with Gasteiger partial charge in [-0.25, -0.2) is 9.97 Å². The van der Waals surface area contributed by atoms with Crippen molar-refractivity contribution in [1.82, 2.24) is 15.3 Å². The summed E-state index contributed by atoms with van der Waals surface area (Å²) in [6, 6.07) is 14.7. The zero-order chi connectivity index (χ0) is 24.3. The summed E-state index contributed by atoms with van der Waals surface area (Å²) in [6.45, 7) is 2.53. The Morgan fingerprint density at radius 2 is 1.85 bits per heavy atom. The minimum atomic E-state index is -4.45. The normalized spacial score (nSPS) is 22.8. The highest BCUT2D eigenvalue weighted by atomic mass is 19.4. The number of aliphatic hydroxyl groups is 2. The molecule has 1 aliphatic carbocycles. The number of benzene rings is 2. The van der Waals surface area contributed by atoms with Gasteiger partial charge >= 0.3 is 6.18 Å². The predicted octanol–water partition coefficient (Wildman–Crippen LogP) is 4.16. The van der Waals surface area contributed by atoms with Crippen molar-refractivity contribution in [3.63, 3.8) is 0 Å². The van der Waals surface area contributed by atoms with Gasteiger partial charge in [-0.05, 0) is 55.0 Å². The molecule has 0 aliphatic heterocycles. The van der Waals surface area contributed by atoms with E-state index in [2.05, 4.69) is 21.4 Å². The first-order valence-electron chi connectivity index (χ1n) is 11.3. The van der Waals surface area contributed by atoms with E-state index in [9.17, 15) is 23.4 Å². The predicted molar refractivity (Wildman–Crippen MR) is 123 cm³/mol. The summed E-state index contributed by atoms with van der Waals surface area (Å²) >= 11 is 0. The lowest BCUT2D eigenvalue weighted by molar-refractivity contribution is -0.137. The molecule has 4 atom stereocenters. The van der Waals surface area contributed by atoms with Crippen molar-refractivity contribution >= 4 is 0 Å². The Labute approximate surface area is 196 Å². The number of aryl methyl sites for hydroxylation is 1. The van der Waals surface area contributed by atoms with Crippen LogP contribution in [0.2, 0.25) is 0 Å². The number of nitrogens with one attached hydrogen (secondary N) is 1. The van der Waals surface area contributed by atoms with Gasteiger partial charge in [-0.1, -0.05) is 36.4 Å². The zero-order valence-electron chi connectivity index (χ0n) is 18.8. The number of rotatable bonds is 7. The summed E-state index contributed by atoms with van der Waals surface area (Å²) in [6.07, 6.45) is -2.59. The SMILES string of the molecule is Cc1ccccc1CNC1CC(O)C(CO)C1Cc1ccnc(-c2cccc(C(F)(F)F)c2)n1. The van der Waals surface area contributed by atoms with Crippen LogP contribution in [0.1, 0.15) is 28.8 Å². The molecule has 4 unspecified atom stereocenters. The molecule has 4 rings (SSSR count). The quantitative estimate of drug-likeness (QED) is 0.482. The third kappa shape index (κ3) is 5.46. The number of alkyl halides is 3. The minimum Gasteiger partial charge on any atom is -0.396 e. The standard InChI is InChI=1S/C26H28F3N3O2/c1-16-5-2-3-6-18(16)14-31-23-13-24(34)22(15-33)21(23)12-20-9-10-30-25(32-20)17-7-4-8-19(11-17)26(27,28)29/h2-11,21-24,31,33-34H,12-15H2,1H3. The topological polar surface area (TPSA) is 78.3 Å². The average Bonchev–Trinajstić information content (AvgIpc) is 3.12. The molecule has 2 aromatic carbocycles. The molecule has 3 N–H and O–H groups in total. The highest BCUT2D eigenvalue weighted by molar-refractivity contribution is 5.56. The van der Waals surface area contributed by atoms with Crippen LogP contribution in [0.15, 0.2) is 60.8 Å². The molecule has 1 aliphatic rings. The second-order valence-electron chi connectivity index (χ2n) is 8.88. The second kappa shape index (κ2) is 10.2. The fourth-order valence-corrected chi connectivity index (χ4v) is 4.75. The van der Waals surface area contributed by atoms with Gasteiger partial charge in [0.05, 0.1) is 11.7 Å². The lowest BCUT2D eigenvalue weighted by Crippen LogP contribution is -2.36. The van der Waals surface area contributed by atoms with Crippen LogP contribution >= 0.6 is 0 Å². The number of hydrogen-bond donors (Lipinski definition) is 3. The monoisotopic (exact) mass is 471 g/mol. The smallest absolute Gasteiger partial charge is 0.396 e. The molecule has 0 saturated heterocycles. The third-order valence-electron chi connectivity index (χ3n) is 6.69. The second-order valence-corrected chi connectivity index (χ2v) is 8.88. The molecular weight excluding hydrogens is 443 g/mol. The Hall–Kier alpha value is -2.81. The summed E-state index contributed by atoms with van der Waals surface area (Å²) in [5.74, 6) is -0.193. The van der Waals surface area contributed by atoms with E-state index >= 15 is 0 Å². The number of halogens is 3. The van der Waals surface area contributed by atoms with E-state index in [4.69, 9.17) is 0 Å². The van der Waals surface area contributed by atoms with E-state index in [0.717, 1.165) is 17.7 Å². The van der Waals surface area contributed by atoms with E-state index in [1.54, 1.807) is 12.1 Å². The van der Waals surface area contributed by atoms with Gasteiger partial charge in [0.2, 0.25) is 0 Å². The summed E-state index contributed by atoms with van der Waals surface area (Å²) in [5, 5.41) is 24.0. The van der Waals surface area contributed by atoms with Crippen LogP contribution in [0.4, 0.5) is 13.2 Å². The fraction of sp³-hybridized carbons (Fsp3) is 0.385. The van der Waals surface area contributed by atoms with Crippen LogP contribution < -0.4 is 5.32 Å². The van der Waals surface area contributed by atoms with Gasteiger partial charge in [0, 0.05) is 42.6 Å². The molecule has 0 amide bonds. The lowest BCUT2D eigenvalue weighted by Gasteiger charge is -2.25. The molecule has 1 saturated carbocycles. The van der Waals surface area contributed by atoms with E-state index in [1.165, 1.54) is 17.8 Å². The van der Waals surface area contributed by atoms with Crippen LogP contribution in [0.3, 0.4) is 0 Å². The van der Waals surface area contributed by atoms with Crippen molar-refractivity contribution in [1.29, 1.82) is 0 Å². The van der Waals surface area contributed by atoms with E-state index in [-0.39, 0.29) is 35.9 Å². The highest BCUT2D eigenvalue weighted by Crippen LogP contribution is 2.35. The summed E-state index contributed by atoms with van der Waals surface area (Å²) in [7, 11) is 0. The number of aliphatic hydroxyl groups excluding tert-OH is 2. The molecule has 3 aromatic rings. The Bertz CT molecular complexity index is 1120. The summed E-state index contributed by atoms with van der Waals surface area (Å²) < 4.78 is 39.4. The Kier molecular flexibility index (Phi) is 7.30. The van der Waals surface area contributed by atoms with Gasteiger partial charge in [0.15, 0.2) is 5.82 Å². The van der Waals surface area contributed by atoms with Crippen molar-refractivity contribution in [3.8, 4) is 11.4 Å². The van der Waals surface area contributed by atoms with Crippen LogP contribution in [0.5, 0.6) is 0 Å². The van der Waals surface area contributed by atoms with Crippen molar-refractivity contribution in [2.75, 3.05) is 6.61 Å². The van der Waals surface area contributed by atoms with Crippen molar-refractivity contribution in [2.45, 2.75) is 44.6 Å². The zero-order valence-corrected chi connectivity index (χ0v) is 18.8. The first kappa shape index (κ1) is 24.3. The highest BCUT2D eigenvalue weighted by Gasteiger charge is 2.42. The molecule has 1 aromatic heterocycles. The number of aromatic nitrogens is 2. The molecule has 8 heteroatoms. The third-order valence-corrected chi connectivity index (χ3v) is 6.69. The average molecular weight is 472 g/mol. The lowest BCUT2D eigenvalue weighted by atomic mass is 9.88. The Balaban J connectivity index is 1.54. The van der Waals surface area contributed by atoms with Crippen molar-refractivity contribution in [3.05, 3.63) is 83.2 Å². The van der Waals surface area contributed by atoms with Gasteiger partial charge in [-0.15, -0.1) is 0 Å². The molecule has 1 heterocycles. The number of hydrogen-bond acceptors (Lipinski definition) is 5. The molecule has 1 fully saturated rings. The number of nitrogens with zero attached hydrogens (tertiary/aromatic N) is 2. The first-order valence-corrected chi connectivity index (χ1v) is 11.3. The Morgan fingerprint density at radius 1 is 1.06 bits per heavy atom. The fourth-order valence-electron chi connectivity index (χ4n) is 4.75. The molecule has 34 heavy (non-hydrogen) atoms. The largest absolute Gasteiger partial charge is 0.416 e. The van der Waals surface area contributed by atoms with Gasteiger partial charge in [-0.2, -0.15) is 13.2 Å². The molecule has 0 bridgehead atoms. The van der Waals surface area contributed by atoms with Gasteiger partial charge in [0.1, 0.15) is 0 Å². The van der Waals surface area contributed by atoms with Crippen LogP contribution in [-0.4, -0.2) is 38.9 Å². The molecule has 5 nitrogen and oxygen atoms in total. The van der Waals surface area contributed by atoms with Crippen LogP contribution in [-0.2, 0) is 19.1 Å². The van der Waals surface area contributed by atoms with Gasteiger partial charge in [0.25, 0.3) is 0 Å². The van der Waals surface area contributed by atoms with Crippen molar-refractivity contribution in [2.24, 2.45) is 11.8 Å². The molecule has 0 spiro atoms. The van der Waals surface area contributed by atoms with Crippen LogP contribution in [0.25, 0.3) is 11.4 Å². The van der Waals surface area contributed by atoms with Crippen LogP contribution in [0, 0.1) is 18.8 Å². The maximum atomic E-state index is 13.1. The Morgan fingerprint density at radius 3 is 2.59 bits per heavy atom. The molecule has 180 valence electrons. The van der Waals surface area contributed by atoms with Gasteiger partial charge < -0.3 is 15.5 Å². The first-order chi connectivity index (χ1) is 16.3. The molecule has 0 radical (unpaired) electrons. The van der Waals surface area contributed by atoms with E-state index in [1.807, 2.05) is 25.1 Å². The minimum absolute atomic E-state index is 0.0428. The van der Waals surface area contributed by atoms with Gasteiger partial charge in [-0.3, -0.25) is 0 Å². The maximum absolute atomic E-state index is 13.1. The summed E-state index contributed by atoms with van der Waals surface area (Å²) in [5.41, 5.74) is 2.53. The van der Waals surface area contributed by atoms with E-state index in [0.29, 0.717) is 25.1 Å². The van der Waals surface area contributed by atoms with E-state index < -0.39 is 17.8 Å². The molecular formula is C26H28F3N3O2. The van der Waals surface area contributed by atoms with Crippen molar-refractivity contribution < 1.29 is 23.4 Å². The summed E-state index contributed by atoms with van der Waals surface area (Å²) in [4.78, 5) is 8.69.